The van der Waals surface area contributed by atoms with Crippen molar-refractivity contribution in [3.8, 4) is 0 Å². The standard InChI is InChI=1S/C13H23NO/c1-10(9-11(2)13(15)14-3)12-7-5-4-6-8-12/h9-10,12H,4-8H2,1-3H3,(H,14,15)/b11-9+. The summed E-state index contributed by atoms with van der Waals surface area (Å²) in [5.41, 5.74) is 0.857. The normalized spacial score (nSPS) is 21.1. The highest BCUT2D eigenvalue weighted by atomic mass is 16.1. The zero-order valence-electron chi connectivity index (χ0n) is 10.2. The zero-order valence-corrected chi connectivity index (χ0v) is 10.2. The lowest BCUT2D eigenvalue weighted by atomic mass is 9.80. The molecule has 1 saturated carbocycles. The van der Waals surface area contributed by atoms with E-state index in [0.29, 0.717) is 5.92 Å². The maximum absolute atomic E-state index is 11.4. The second-order valence-electron chi connectivity index (χ2n) is 4.69. The van der Waals surface area contributed by atoms with Crippen LogP contribution in [-0.2, 0) is 4.79 Å². The highest BCUT2D eigenvalue weighted by Gasteiger charge is 2.19. The number of likely N-dealkylation sites (N-methyl/N-ethyl adjacent to an activating group) is 1. The Morgan fingerprint density at radius 3 is 2.47 bits per heavy atom. The van der Waals surface area contributed by atoms with Crippen LogP contribution in [0.3, 0.4) is 0 Å². The lowest BCUT2D eigenvalue weighted by Gasteiger charge is -2.25. The molecular weight excluding hydrogens is 186 g/mol. The molecule has 1 aliphatic rings. The number of hydrogen-bond acceptors (Lipinski definition) is 1. The van der Waals surface area contributed by atoms with Crippen molar-refractivity contribution in [1.29, 1.82) is 0 Å². The minimum atomic E-state index is 0.0534. The lowest BCUT2D eigenvalue weighted by Crippen LogP contribution is -2.20. The predicted octanol–water partition coefficient (Wildman–Crippen LogP) is 2.90. The molecule has 0 saturated heterocycles. The van der Waals surface area contributed by atoms with Gasteiger partial charge < -0.3 is 5.32 Å². The summed E-state index contributed by atoms with van der Waals surface area (Å²) in [6.07, 6.45) is 8.91. The average Bonchev–Trinajstić information content (AvgIpc) is 2.29. The van der Waals surface area contributed by atoms with Crippen LogP contribution in [0.2, 0.25) is 0 Å². The number of rotatable bonds is 3. The van der Waals surface area contributed by atoms with Crippen LogP contribution >= 0.6 is 0 Å². The van der Waals surface area contributed by atoms with Gasteiger partial charge in [0.15, 0.2) is 0 Å². The van der Waals surface area contributed by atoms with Gasteiger partial charge in [-0.2, -0.15) is 0 Å². The summed E-state index contributed by atoms with van der Waals surface area (Å²) in [6, 6.07) is 0. The van der Waals surface area contributed by atoms with E-state index >= 15 is 0 Å². The van der Waals surface area contributed by atoms with Gasteiger partial charge >= 0.3 is 0 Å². The second-order valence-corrected chi connectivity index (χ2v) is 4.69. The van der Waals surface area contributed by atoms with Crippen molar-refractivity contribution in [2.45, 2.75) is 46.0 Å². The van der Waals surface area contributed by atoms with E-state index in [9.17, 15) is 4.79 Å². The molecule has 0 aromatic rings. The molecular formula is C13H23NO. The molecule has 86 valence electrons. The largest absolute Gasteiger partial charge is 0.355 e. The Bertz CT molecular complexity index is 239. The Morgan fingerprint density at radius 1 is 1.33 bits per heavy atom. The monoisotopic (exact) mass is 209 g/mol. The number of nitrogens with one attached hydrogen (secondary N) is 1. The molecule has 2 heteroatoms. The molecule has 0 aromatic carbocycles. The van der Waals surface area contributed by atoms with Crippen molar-refractivity contribution < 1.29 is 4.79 Å². The van der Waals surface area contributed by atoms with Crippen LogP contribution in [0.4, 0.5) is 0 Å². The van der Waals surface area contributed by atoms with Crippen molar-refractivity contribution in [3.63, 3.8) is 0 Å². The number of carbonyl (C=O) groups excluding carboxylic acids is 1. The van der Waals surface area contributed by atoms with Crippen molar-refractivity contribution >= 4 is 5.91 Å². The molecule has 1 N–H and O–H groups in total. The van der Waals surface area contributed by atoms with E-state index in [1.165, 1.54) is 32.1 Å². The molecule has 1 amide bonds. The Morgan fingerprint density at radius 2 is 1.93 bits per heavy atom. The van der Waals surface area contributed by atoms with Crippen LogP contribution in [0.5, 0.6) is 0 Å². The molecule has 15 heavy (non-hydrogen) atoms. The van der Waals surface area contributed by atoms with E-state index in [4.69, 9.17) is 0 Å². The highest BCUT2D eigenvalue weighted by Crippen LogP contribution is 2.30. The third-order valence-corrected chi connectivity index (χ3v) is 3.49. The van der Waals surface area contributed by atoms with Crippen LogP contribution < -0.4 is 5.32 Å². The van der Waals surface area contributed by atoms with Crippen LogP contribution in [0.15, 0.2) is 11.6 Å². The maximum Gasteiger partial charge on any atom is 0.246 e. The molecule has 0 spiro atoms. The summed E-state index contributed by atoms with van der Waals surface area (Å²) < 4.78 is 0. The van der Waals surface area contributed by atoms with Crippen LogP contribution in [0.1, 0.15) is 46.0 Å². The van der Waals surface area contributed by atoms with E-state index in [1.54, 1.807) is 7.05 Å². The summed E-state index contributed by atoms with van der Waals surface area (Å²) in [7, 11) is 1.69. The Kier molecular flexibility index (Phi) is 4.86. The van der Waals surface area contributed by atoms with E-state index in [2.05, 4.69) is 18.3 Å². The molecule has 1 fully saturated rings. The first-order valence-electron chi connectivity index (χ1n) is 6.05. The van der Waals surface area contributed by atoms with Gasteiger partial charge in [-0.3, -0.25) is 4.79 Å². The van der Waals surface area contributed by atoms with Crippen molar-refractivity contribution in [1.82, 2.24) is 5.32 Å². The minimum absolute atomic E-state index is 0.0534. The first-order chi connectivity index (χ1) is 7.15. The molecule has 1 rings (SSSR count). The Labute approximate surface area is 93.1 Å². The summed E-state index contributed by atoms with van der Waals surface area (Å²) in [5, 5.41) is 2.67. The summed E-state index contributed by atoms with van der Waals surface area (Å²) in [4.78, 5) is 11.4. The van der Waals surface area contributed by atoms with Gasteiger partial charge in [0.05, 0.1) is 0 Å². The predicted molar refractivity (Wildman–Crippen MR) is 63.6 cm³/mol. The lowest BCUT2D eigenvalue weighted by molar-refractivity contribution is -0.117. The smallest absolute Gasteiger partial charge is 0.246 e. The molecule has 2 nitrogen and oxygen atoms in total. The fraction of sp³-hybridized carbons (Fsp3) is 0.769. The van der Waals surface area contributed by atoms with E-state index in [1.807, 2.05) is 6.92 Å². The minimum Gasteiger partial charge on any atom is -0.355 e. The van der Waals surface area contributed by atoms with E-state index in [-0.39, 0.29) is 5.91 Å². The van der Waals surface area contributed by atoms with Gasteiger partial charge in [-0.25, -0.2) is 0 Å². The maximum atomic E-state index is 11.4. The van der Waals surface area contributed by atoms with Crippen LogP contribution in [0, 0.1) is 11.8 Å². The second kappa shape index (κ2) is 5.94. The molecule has 0 heterocycles. The third kappa shape index (κ3) is 3.69. The van der Waals surface area contributed by atoms with Gasteiger partial charge in [0, 0.05) is 12.6 Å². The molecule has 1 aliphatic carbocycles. The fourth-order valence-electron chi connectivity index (χ4n) is 2.46. The van der Waals surface area contributed by atoms with Crippen molar-refractivity contribution in [2.75, 3.05) is 7.05 Å². The summed E-state index contributed by atoms with van der Waals surface area (Å²) in [6.45, 7) is 4.14. The Balaban J connectivity index is 2.51. The SMILES string of the molecule is CNC(=O)/C(C)=C/C(C)C1CCCCC1. The van der Waals surface area contributed by atoms with E-state index in [0.717, 1.165) is 11.5 Å². The van der Waals surface area contributed by atoms with Crippen LogP contribution in [-0.4, -0.2) is 13.0 Å². The molecule has 0 radical (unpaired) electrons. The van der Waals surface area contributed by atoms with Crippen molar-refractivity contribution in [2.24, 2.45) is 11.8 Å². The fourth-order valence-corrected chi connectivity index (χ4v) is 2.46. The summed E-state index contributed by atoms with van der Waals surface area (Å²) in [5.74, 6) is 1.39. The topological polar surface area (TPSA) is 29.1 Å². The quantitative estimate of drug-likeness (QED) is 0.711. The molecule has 1 unspecified atom stereocenters. The third-order valence-electron chi connectivity index (χ3n) is 3.49. The highest BCUT2D eigenvalue weighted by molar-refractivity contribution is 5.92. The van der Waals surface area contributed by atoms with Crippen molar-refractivity contribution in [3.05, 3.63) is 11.6 Å². The van der Waals surface area contributed by atoms with E-state index < -0.39 is 0 Å². The molecule has 1 atom stereocenters. The number of carbonyl (C=O) groups is 1. The molecule has 0 aromatic heterocycles. The Hall–Kier alpha value is -0.790. The zero-order chi connectivity index (χ0) is 11.3. The number of allylic oxidation sites excluding steroid dienone is 1. The van der Waals surface area contributed by atoms with Gasteiger partial charge in [0.2, 0.25) is 5.91 Å². The average molecular weight is 209 g/mol. The number of amides is 1. The van der Waals surface area contributed by atoms with Gasteiger partial charge in [-0.05, 0) is 31.6 Å². The van der Waals surface area contributed by atoms with Gasteiger partial charge in [0.1, 0.15) is 0 Å². The molecule has 0 aliphatic heterocycles. The molecule has 0 bridgehead atoms. The van der Waals surface area contributed by atoms with Gasteiger partial charge in [-0.15, -0.1) is 0 Å². The first-order valence-corrected chi connectivity index (χ1v) is 6.05. The van der Waals surface area contributed by atoms with Gasteiger partial charge in [-0.1, -0.05) is 32.3 Å². The first kappa shape index (κ1) is 12.3. The summed E-state index contributed by atoms with van der Waals surface area (Å²) >= 11 is 0. The van der Waals surface area contributed by atoms with Gasteiger partial charge in [0.25, 0.3) is 0 Å². The number of hydrogen-bond donors (Lipinski definition) is 1. The van der Waals surface area contributed by atoms with Crippen LogP contribution in [0.25, 0.3) is 0 Å².